The van der Waals surface area contributed by atoms with E-state index in [1.54, 1.807) is 0 Å². The van der Waals surface area contributed by atoms with Gasteiger partial charge in [-0.15, -0.1) is 12.4 Å². The number of rotatable bonds is 6. The number of nitrogens with zero attached hydrogens (tertiary/aromatic N) is 1. The van der Waals surface area contributed by atoms with Crippen molar-refractivity contribution in [2.45, 2.75) is 38.3 Å². The lowest BCUT2D eigenvalue weighted by atomic mass is 9.97. The first-order valence-corrected chi connectivity index (χ1v) is 8.06. The monoisotopic (exact) mass is 323 g/mol. The van der Waals surface area contributed by atoms with Gasteiger partial charge in [-0.3, -0.25) is 9.69 Å². The minimum Gasteiger partial charge on any atom is -0.366 e. The van der Waals surface area contributed by atoms with Gasteiger partial charge in [-0.25, -0.2) is 0 Å². The van der Waals surface area contributed by atoms with Gasteiger partial charge < -0.3 is 11.1 Å². The van der Waals surface area contributed by atoms with Crippen LogP contribution in [0.25, 0.3) is 0 Å². The normalized spacial score (nSPS) is 19.0. The van der Waals surface area contributed by atoms with Gasteiger partial charge in [0.2, 0.25) is 5.91 Å². The molecular formula is C17H26ClN3O. The first-order valence-electron chi connectivity index (χ1n) is 8.06. The molecule has 1 aromatic carbocycles. The summed E-state index contributed by atoms with van der Waals surface area (Å²) in [5.74, 6) is 0.479. The number of carbonyl (C=O) groups excluding carboxylic acids is 1. The lowest BCUT2D eigenvalue weighted by Gasteiger charge is -2.30. The maximum absolute atomic E-state index is 11.1. The Morgan fingerprint density at radius 3 is 2.32 bits per heavy atom. The summed E-state index contributed by atoms with van der Waals surface area (Å²) in [7, 11) is 0. The molecule has 2 aliphatic rings. The van der Waals surface area contributed by atoms with Crippen LogP contribution in [0.15, 0.2) is 24.3 Å². The lowest BCUT2D eigenvalue weighted by Crippen LogP contribution is -2.37. The zero-order valence-corrected chi connectivity index (χ0v) is 13.8. The maximum Gasteiger partial charge on any atom is 0.248 e. The summed E-state index contributed by atoms with van der Waals surface area (Å²) in [6.45, 7) is 4.53. The summed E-state index contributed by atoms with van der Waals surface area (Å²) >= 11 is 0. The van der Waals surface area contributed by atoms with Crippen molar-refractivity contribution in [2.24, 2.45) is 11.7 Å². The Morgan fingerprint density at radius 2 is 1.77 bits per heavy atom. The van der Waals surface area contributed by atoms with Crippen molar-refractivity contribution < 1.29 is 4.79 Å². The summed E-state index contributed by atoms with van der Waals surface area (Å²) in [5, 5.41) is 3.44. The summed E-state index contributed by atoms with van der Waals surface area (Å²) in [5.41, 5.74) is 7.16. The minimum absolute atomic E-state index is 0. The summed E-state index contributed by atoms with van der Waals surface area (Å²) < 4.78 is 0. The molecule has 1 aliphatic heterocycles. The van der Waals surface area contributed by atoms with Gasteiger partial charge in [-0.05, 0) is 62.4 Å². The van der Waals surface area contributed by atoms with Gasteiger partial charge in [0, 0.05) is 24.7 Å². The third kappa shape index (κ3) is 4.70. The molecule has 0 spiro atoms. The van der Waals surface area contributed by atoms with Crippen LogP contribution in [0.5, 0.6) is 0 Å². The molecule has 3 N–H and O–H groups in total. The van der Waals surface area contributed by atoms with E-state index in [-0.39, 0.29) is 18.3 Å². The fourth-order valence-electron chi connectivity index (χ4n) is 3.19. The molecule has 1 heterocycles. The summed E-state index contributed by atoms with van der Waals surface area (Å²) in [6, 6.07) is 8.53. The fraction of sp³-hybridized carbons (Fsp3) is 0.588. The minimum atomic E-state index is -0.352. The number of hydrogen-bond donors (Lipinski definition) is 2. The van der Waals surface area contributed by atoms with E-state index in [1.165, 1.54) is 37.8 Å². The van der Waals surface area contributed by atoms with Gasteiger partial charge in [-0.2, -0.15) is 0 Å². The molecule has 0 unspecified atom stereocenters. The maximum atomic E-state index is 11.1. The molecule has 1 saturated carbocycles. The molecule has 0 aromatic heterocycles. The largest absolute Gasteiger partial charge is 0.366 e. The van der Waals surface area contributed by atoms with Crippen molar-refractivity contribution in [1.29, 1.82) is 0 Å². The van der Waals surface area contributed by atoms with Gasteiger partial charge in [0.05, 0.1) is 0 Å². The number of benzene rings is 1. The van der Waals surface area contributed by atoms with Crippen LogP contribution in [0.3, 0.4) is 0 Å². The second kappa shape index (κ2) is 7.95. The summed E-state index contributed by atoms with van der Waals surface area (Å²) in [4.78, 5) is 13.8. The first-order chi connectivity index (χ1) is 10.2. The Morgan fingerprint density at radius 1 is 1.14 bits per heavy atom. The van der Waals surface area contributed by atoms with Crippen molar-refractivity contribution >= 4 is 18.3 Å². The molecule has 4 nitrogen and oxygen atoms in total. The predicted octanol–water partition coefficient (Wildman–Crippen LogP) is 2.17. The van der Waals surface area contributed by atoms with Gasteiger partial charge in [0.25, 0.3) is 0 Å². The van der Waals surface area contributed by atoms with E-state index in [0.717, 1.165) is 31.6 Å². The molecule has 1 amide bonds. The number of hydrogen-bond acceptors (Lipinski definition) is 3. The first kappa shape index (κ1) is 17.3. The number of nitrogens with one attached hydrogen (secondary N) is 1. The van der Waals surface area contributed by atoms with E-state index in [1.807, 2.05) is 24.3 Å². The van der Waals surface area contributed by atoms with Crippen LogP contribution in [0, 0.1) is 5.92 Å². The predicted molar refractivity (Wildman–Crippen MR) is 91.2 cm³/mol. The standard InChI is InChI=1S/C17H25N3O.ClH/c18-17(21)15-3-1-13(2-4-15)11-20(16-5-6-16)12-14-7-9-19-10-8-14;/h1-4,14,16,19H,5-12H2,(H2,18,21);1H. The summed E-state index contributed by atoms with van der Waals surface area (Å²) in [6.07, 6.45) is 5.27. The molecule has 0 bridgehead atoms. The van der Waals surface area contributed by atoms with Crippen molar-refractivity contribution in [3.05, 3.63) is 35.4 Å². The molecule has 3 rings (SSSR count). The van der Waals surface area contributed by atoms with Gasteiger partial charge in [0.15, 0.2) is 0 Å². The van der Waals surface area contributed by atoms with Crippen molar-refractivity contribution in [3.63, 3.8) is 0 Å². The molecule has 0 radical (unpaired) electrons. The number of piperidine rings is 1. The molecule has 122 valence electrons. The Bertz CT molecular complexity index is 481. The molecular weight excluding hydrogens is 298 g/mol. The quantitative estimate of drug-likeness (QED) is 0.843. The van der Waals surface area contributed by atoms with Crippen molar-refractivity contribution in [3.8, 4) is 0 Å². The Labute approximate surface area is 138 Å². The van der Waals surface area contributed by atoms with Crippen LogP contribution in [0.1, 0.15) is 41.6 Å². The van der Waals surface area contributed by atoms with E-state index in [9.17, 15) is 4.79 Å². The zero-order chi connectivity index (χ0) is 14.7. The van der Waals surface area contributed by atoms with E-state index >= 15 is 0 Å². The van der Waals surface area contributed by atoms with Crippen molar-refractivity contribution in [2.75, 3.05) is 19.6 Å². The molecule has 2 fully saturated rings. The highest BCUT2D eigenvalue weighted by atomic mass is 35.5. The second-order valence-corrected chi connectivity index (χ2v) is 6.42. The number of primary amides is 1. The third-order valence-electron chi connectivity index (χ3n) is 4.64. The van der Waals surface area contributed by atoms with E-state index in [2.05, 4.69) is 10.2 Å². The van der Waals surface area contributed by atoms with Crippen LogP contribution >= 0.6 is 12.4 Å². The average molecular weight is 324 g/mol. The highest BCUT2D eigenvalue weighted by Crippen LogP contribution is 2.30. The Balaban J connectivity index is 0.00000176. The number of carbonyl (C=O) groups is 1. The lowest BCUT2D eigenvalue weighted by molar-refractivity contribution is 0.100. The SMILES string of the molecule is Cl.NC(=O)c1ccc(CN(CC2CCNCC2)C2CC2)cc1. The highest BCUT2D eigenvalue weighted by molar-refractivity contribution is 5.92. The molecule has 5 heteroatoms. The zero-order valence-electron chi connectivity index (χ0n) is 13.0. The Kier molecular flexibility index (Phi) is 6.24. The van der Waals surface area contributed by atoms with E-state index < -0.39 is 0 Å². The fourth-order valence-corrected chi connectivity index (χ4v) is 3.19. The molecule has 0 atom stereocenters. The van der Waals surface area contributed by atoms with Gasteiger partial charge >= 0.3 is 0 Å². The molecule has 1 aliphatic carbocycles. The Hall–Kier alpha value is -1.10. The van der Waals surface area contributed by atoms with Crippen LogP contribution < -0.4 is 11.1 Å². The van der Waals surface area contributed by atoms with Crippen molar-refractivity contribution in [1.82, 2.24) is 10.2 Å². The van der Waals surface area contributed by atoms with Crippen LogP contribution in [0.4, 0.5) is 0 Å². The number of halogens is 1. The third-order valence-corrected chi connectivity index (χ3v) is 4.64. The highest BCUT2D eigenvalue weighted by Gasteiger charge is 2.30. The van der Waals surface area contributed by atoms with Gasteiger partial charge in [-0.1, -0.05) is 12.1 Å². The second-order valence-electron chi connectivity index (χ2n) is 6.42. The van der Waals surface area contributed by atoms with E-state index in [4.69, 9.17) is 5.73 Å². The molecule has 1 saturated heterocycles. The average Bonchev–Trinajstić information content (AvgIpc) is 3.33. The van der Waals surface area contributed by atoms with E-state index in [0.29, 0.717) is 5.56 Å². The van der Waals surface area contributed by atoms with Gasteiger partial charge in [0.1, 0.15) is 0 Å². The topological polar surface area (TPSA) is 58.4 Å². The number of nitrogens with two attached hydrogens (primary N) is 1. The van der Waals surface area contributed by atoms with Crippen LogP contribution in [-0.4, -0.2) is 36.5 Å². The van der Waals surface area contributed by atoms with Crippen LogP contribution in [-0.2, 0) is 6.54 Å². The van der Waals surface area contributed by atoms with Crippen LogP contribution in [0.2, 0.25) is 0 Å². The molecule has 22 heavy (non-hydrogen) atoms. The number of amides is 1. The molecule has 1 aromatic rings. The smallest absolute Gasteiger partial charge is 0.248 e.